The molecule has 0 radical (unpaired) electrons. The number of nitrogens with one attached hydrogen (secondary N) is 1. The smallest absolute Gasteiger partial charge is 0.226 e. The molecule has 1 aromatic rings. The second-order valence-electron chi connectivity index (χ2n) is 16.8. The molecule has 0 saturated heterocycles. The van der Waals surface area contributed by atoms with Crippen LogP contribution in [0.2, 0.25) is 0 Å². The molecule has 0 spiro atoms. The first-order valence-electron chi connectivity index (χ1n) is 18.3. The molecule has 4 nitrogen and oxygen atoms in total. The largest absolute Gasteiger partial charge is 0.395 e. The molecule has 5 aliphatic carbocycles. The topological polar surface area (TPSA) is 52.6 Å². The van der Waals surface area contributed by atoms with Crippen LogP contribution in [0, 0.1) is 58.2 Å². The fourth-order valence-electron chi connectivity index (χ4n) is 12.3. The van der Waals surface area contributed by atoms with Gasteiger partial charge in [-0.25, -0.2) is 0 Å². The van der Waals surface area contributed by atoms with E-state index in [1.807, 2.05) is 14.0 Å². The Morgan fingerprint density at radius 2 is 1.67 bits per heavy atom. The van der Waals surface area contributed by atoms with Crippen molar-refractivity contribution in [2.45, 2.75) is 106 Å². The lowest BCUT2D eigenvalue weighted by Crippen LogP contribution is -2.62. The lowest BCUT2D eigenvalue weighted by atomic mass is 9.36. The third-order valence-corrected chi connectivity index (χ3v) is 14.2. The summed E-state index contributed by atoms with van der Waals surface area (Å²) in [4.78, 5) is 16.0. The maximum absolute atomic E-state index is 13.9. The van der Waals surface area contributed by atoms with Gasteiger partial charge in [-0.15, -0.1) is 6.58 Å². The molecule has 250 valence electrons. The van der Waals surface area contributed by atoms with Crippen molar-refractivity contribution in [2.24, 2.45) is 51.2 Å². The van der Waals surface area contributed by atoms with Gasteiger partial charge in [0, 0.05) is 19.6 Å². The van der Waals surface area contributed by atoms with Gasteiger partial charge in [-0.3, -0.25) is 4.79 Å². The van der Waals surface area contributed by atoms with Crippen LogP contribution < -0.4 is 5.32 Å². The minimum Gasteiger partial charge on any atom is -0.395 e. The van der Waals surface area contributed by atoms with E-state index in [1.165, 1.54) is 62.5 Å². The van der Waals surface area contributed by atoms with Crippen LogP contribution in [-0.4, -0.2) is 49.2 Å². The van der Waals surface area contributed by atoms with Crippen molar-refractivity contribution in [1.29, 1.82) is 0 Å². The van der Waals surface area contributed by atoms with Gasteiger partial charge in [0.25, 0.3) is 0 Å². The zero-order valence-corrected chi connectivity index (χ0v) is 29.8. The van der Waals surface area contributed by atoms with Crippen molar-refractivity contribution < 1.29 is 9.90 Å². The van der Waals surface area contributed by atoms with Crippen molar-refractivity contribution >= 4 is 11.5 Å². The van der Waals surface area contributed by atoms with Gasteiger partial charge < -0.3 is 15.3 Å². The molecule has 0 aromatic heterocycles. The summed E-state index contributed by atoms with van der Waals surface area (Å²) >= 11 is 0. The molecule has 1 amide bonds. The lowest BCUT2D eigenvalue weighted by Gasteiger charge is -2.68. The SMILES string of the molecule is C=CC.Cc1ccc(C2=CCC3(C)C(CCC4(C)C5CCC6(C(=O)NCCN(C)CCO)CCCC6C5CCC43)C2(C)C)cc1. The van der Waals surface area contributed by atoms with Crippen molar-refractivity contribution in [3.05, 3.63) is 54.1 Å². The highest BCUT2D eigenvalue weighted by molar-refractivity contribution is 5.83. The molecule has 2 N–H and O–H groups in total. The van der Waals surface area contributed by atoms with E-state index in [4.69, 9.17) is 0 Å². The van der Waals surface area contributed by atoms with Gasteiger partial charge in [0.2, 0.25) is 5.91 Å². The number of carbonyl (C=O) groups excluding carboxylic acids is 1. The molecule has 0 aliphatic heterocycles. The number of hydrogen-bond acceptors (Lipinski definition) is 3. The highest BCUT2D eigenvalue weighted by Crippen LogP contribution is 2.73. The van der Waals surface area contributed by atoms with Crippen LogP contribution in [0.15, 0.2) is 43.0 Å². The third-order valence-electron chi connectivity index (χ3n) is 14.2. The van der Waals surface area contributed by atoms with E-state index in [-0.39, 0.29) is 17.4 Å². The summed E-state index contributed by atoms with van der Waals surface area (Å²) in [5.74, 6) is 3.85. The van der Waals surface area contributed by atoms with Gasteiger partial charge in [-0.2, -0.15) is 0 Å². The predicted octanol–water partition coefficient (Wildman–Crippen LogP) is 8.69. The third kappa shape index (κ3) is 5.90. The van der Waals surface area contributed by atoms with Crippen molar-refractivity contribution in [1.82, 2.24) is 10.2 Å². The number of hydrogen-bond donors (Lipinski definition) is 2. The molecule has 45 heavy (non-hydrogen) atoms. The average Bonchev–Trinajstić information content (AvgIpc) is 3.44. The quantitative estimate of drug-likeness (QED) is 0.301. The molecule has 4 saturated carbocycles. The Kier molecular flexibility index (Phi) is 10.2. The lowest BCUT2D eigenvalue weighted by molar-refractivity contribution is -0.181. The second kappa shape index (κ2) is 13.3. The fraction of sp³-hybridized carbons (Fsp3) is 0.732. The summed E-state index contributed by atoms with van der Waals surface area (Å²) in [6.07, 6.45) is 16.8. The fourth-order valence-corrected chi connectivity index (χ4v) is 12.3. The van der Waals surface area contributed by atoms with Crippen molar-refractivity contribution in [2.75, 3.05) is 33.3 Å². The predicted molar refractivity (Wildman–Crippen MR) is 189 cm³/mol. The van der Waals surface area contributed by atoms with Crippen molar-refractivity contribution in [3.63, 3.8) is 0 Å². The van der Waals surface area contributed by atoms with Gasteiger partial charge >= 0.3 is 0 Å². The minimum atomic E-state index is -0.139. The molecule has 8 atom stereocenters. The maximum Gasteiger partial charge on any atom is 0.226 e. The van der Waals surface area contributed by atoms with E-state index in [0.29, 0.717) is 47.6 Å². The number of carbonyl (C=O) groups is 1. The van der Waals surface area contributed by atoms with Gasteiger partial charge in [0.15, 0.2) is 0 Å². The Morgan fingerprint density at radius 3 is 2.36 bits per heavy atom. The van der Waals surface area contributed by atoms with Crippen LogP contribution in [0.3, 0.4) is 0 Å². The zero-order valence-electron chi connectivity index (χ0n) is 29.8. The zero-order chi connectivity index (χ0) is 32.6. The highest BCUT2D eigenvalue weighted by Gasteiger charge is 2.66. The Balaban J connectivity index is 0.00000128. The number of likely N-dealkylation sites (N-methyl/N-ethyl adjacent to an activating group) is 1. The molecule has 0 heterocycles. The summed E-state index contributed by atoms with van der Waals surface area (Å²) in [6.45, 7) is 20.2. The minimum absolute atomic E-state index is 0.139. The van der Waals surface area contributed by atoms with Crippen LogP contribution in [0.4, 0.5) is 0 Å². The second-order valence-corrected chi connectivity index (χ2v) is 16.8. The summed E-state index contributed by atoms with van der Waals surface area (Å²) < 4.78 is 0. The van der Waals surface area contributed by atoms with Gasteiger partial charge in [0.05, 0.1) is 12.0 Å². The Morgan fingerprint density at radius 1 is 0.956 bits per heavy atom. The average molecular weight is 617 g/mol. The van der Waals surface area contributed by atoms with E-state index in [0.717, 1.165) is 31.2 Å². The maximum atomic E-state index is 13.9. The first-order chi connectivity index (χ1) is 21.4. The van der Waals surface area contributed by atoms with Crippen LogP contribution >= 0.6 is 0 Å². The summed E-state index contributed by atoms with van der Waals surface area (Å²) in [7, 11) is 2.02. The van der Waals surface area contributed by atoms with E-state index in [1.54, 1.807) is 11.6 Å². The number of allylic oxidation sites excluding steroid dienone is 3. The van der Waals surface area contributed by atoms with E-state index in [2.05, 4.69) is 81.8 Å². The molecule has 5 aliphatic rings. The van der Waals surface area contributed by atoms with Gasteiger partial charge in [-0.05, 0) is 136 Å². The van der Waals surface area contributed by atoms with E-state index in [9.17, 15) is 9.90 Å². The van der Waals surface area contributed by atoms with Crippen LogP contribution in [0.1, 0.15) is 110 Å². The first kappa shape index (κ1) is 34.4. The van der Waals surface area contributed by atoms with Crippen LogP contribution in [-0.2, 0) is 4.79 Å². The first-order valence-corrected chi connectivity index (χ1v) is 18.3. The van der Waals surface area contributed by atoms with E-state index >= 15 is 0 Å². The standard InChI is InChI=1S/C38H58N2O2.C3H6/c1-26-9-11-27(12-10-26)29-15-19-37(5)32(35(29,2)3)17-20-36(4)30-16-21-38(34(42)39-22-23-40(6)24-25-41)18-7-8-31(38)28(30)13-14-33(36)37;1-3-2/h9-12,15,28,30-33,41H,7-8,13-14,16-25H2,1-6H3,(H,39,42);3H,1H2,2H3. The van der Waals surface area contributed by atoms with E-state index < -0.39 is 0 Å². The molecule has 6 rings (SSSR count). The van der Waals surface area contributed by atoms with Crippen LogP contribution in [0.25, 0.3) is 5.57 Å². The number of nitrogens with zero attached hydrogens (tertiary/aromatic N) is 1. The number of rotatable bonds is 7. The number of aliphatic hydroxyl groups excluding tert-OH is 1. The molecular weight excluding hydrogens is 552 g/mol. The Bertz CT molecular complexity index is 1230. The summed E-state index contributed by atoms with van der Waals surface area (Å²) in [6, 6.07) is 9.26. The normalized spacial score (nSPS) is 38.0. The number of amides is 1. The number of aliphatic hydroxyl groups is 1. The molecule has 1 aromatic carbocycles. The number of aryl methyl sites for hydroxylation is 1. The Labute approximate surface area is 275 Å². The summed E-state index contributed by atoms with van der Waals surface area (Å²) in [5.41, 5.74) is 5.11. The molecule has 8 unspecified atom stereocenters. The molecule has 4 fully saturated rings. The Hall–Kier alpha value is -1.91. The molecule has 0 bridgehead atoms. The monoisotopic (exact) mass is 616 g/mol. The van der Waals surface area contributed by atoms with Gasteiger partial charge in [0.1, 0.15) is 0 Å². The van der Waals surface area contributed by atoms with Crippen molar-refractivity contribution in [3.8, 4) is 0 Å². The highest BCUT2D eigenvalue weighted by atomic mass is 16.3. The number of fused-ring (bicyclic) bond motifs is 7. The molecule has 4 heteroatoms. The van der Waals surface area contributed by atoms with Gasteiger partial charge in [-0.1, -0.05) is 76.1 Å². The van der Waals surface area contributed by atoms with Crippen LogP contribution in [0.5, 0.6) is 0 Å². The summed E-state index contributed by atoms with van der Waals surface area (Å²) in [5, 5.41) is 12.6. The molecular formula is C41H64N2O2. The number of benzene rings is 1.